The van der Waals surface area contributed by atoms with E-state index in [2.05, 4.69) is 67.7 Å². The van der Waals surface area contributed by atoms with Gasteiger partial charge in [0.1, 0.15) is 0 Å². The third kappa shape index (κ3) is 7.76. The van der Waals surface area contributed by atoms with Gasteiger partial charge in [0.15, 0.2) is 0 Å². The van der Waals surface area contributed by atoms with Gasteiger partial charge in [-0.2, -0.15) is 0 Å². The first kappa shape index (κ1) is 28.6. The number of aliphatic imine (C=N–C) groups is 1. The van der Waals surface area contributed by atoms with Gasteiger partial charge >= 0.3 is 0 Å². The van der Waals surface area contributed by atoms with Crippen molar-refractivity contribution in [2.24, 2.45) is 28.7 Å². The maximum atomic E-state index is 13.5. The molecule has 1 N–H and O–H groups in total. The van der Waals surface area contributed by atoms with E-state index >= 15 is 0 Å². The van der Waals surface area contributed by atoms with Gasteiger partial charge in [0.2, 0.25) is 5.91 Å². The molecule has 0 aromatic heterocycles. The van der Waals surface area contributed by atoms with Crippen molar-refractivity contribution in [2.45, 2.75) is 72.1 Å². The number of carbonyl (C=O) groups is 1. The maximum absolute atomic E-state index is 13.5. The summed E-state index contributed by atoms with van der Waals surface area (Å²) in [6, 6.07) is 6.81. The van der Waals surface area contributed by atoms with Gasteiger partial charge in [-0.05, 0) is 112 Å². The Balaban J connectivity index is 1.58. The monoisotopic (exact) mass is 494 g/mol. The number of amides is 1. The predicted octanol–water partition coefficient (Wildman–Crippen LogP) is 6.04. The Hall–Kier alpha value is -1.98. The second kappa shape index (κ2) is 14.1. The number of piperidine rings is 2. The fraction of sp³-hybridized carbons (Fsp3) is 0.677. The molecule has 36 heavy (non-hydrogen) atoms. The molecule has 3 atom stereocenters. The van der Waals surface area contributed by atoms with E-state index in [-0.39, 0.29) is 11.8 Å². The molecule has 5 heteroatoms. The van der Waals surface area contributed by atoms with Crippen LogP contribution in [0.25, 0.3) is 0 Å². The highest BCUT2D eigenvalue weighted by Crippen LogP contribution is 2.34. The smallest absolute Gasteiger partial charge is 0.229 e. The highest BCUT2D eigenvalue weighted by Gasteiger charge is 2.29. The Labute approximate surface area is 220 Å². The Morgan fingerprint density at radius 1 is 1.19 bits per heavy atom. The lowest BCUT2D eigenvalue weighted by Crippen LogP contribution is -2.40. The molecule has 2 saturated heterocycles. The SMILES string of the molecule is C=CN=CCCC(C)C(C)C(C)C(=O)N(C)c1cc(C2CCN(CC3CCNCC3)CC2)ccc1C. The molecule has 3 rings (SSSR count). The molecule has 200 valence electrons. The molecule has 1 aromatic rings. The van der Waals surface area contributed by atoms with Gasteiger partial charge < -0.3 is 15.1 Å². The highest BCUT2D eigenvalue weighted by molar-refractivity contribution is 5.95. The van der Waals surface area contributed by atoms with Gasteiger partial charge in [-0.3, -0.25) is 9.79 Å². The summed E-state index contributed by atoms with van der Waals surface area (Å²) in [5.41, 5.74) is 3.64. The summed E-state index contributed by atoms with van der Waals surface area (Å²) in [6.07, 6.45) is 10.5. The van der Waals surface area contributed by atoms with Crippen LogP contribution in [0.2, 0.25) is 0 Å². The summed E-state index contributed by atoms with van der Waals surface area (Å²) in [5, 5.41) is 3.48. The number of carbonyl (C=O) groups excluding carboxylic acids is 1. The van der Waals surface area contributed by atoms with Crippen LogP contribution in [0.5, 0.6) is 0 Å². The van der Waals surface area contributed by atoms with Crippen LogP contribution in [0.4, 0.5) is 5.69 Å². The molecule has 2 heterocycles. The van der Waals surface area contributed by atoms with Crippen LogP contribution < -0.4 is 10.2 Å². The number of nitrogens with zero attached hydrogens (tertiary/aromatic N) is 3. The van der Waals surface area contributed by atoms with E-state index in [4.69, 9.17) is 0 Å². The Bertz CT molecular complexity index is 867. The predicted molar refractivity (Wildman–Crippen MR) is 154 cm³/mol. The normalized spacial score (nSPS) is 20.8. The minimum Gasteiger partial charge on any atom is -0.317 e. The lowest BCUT2D eigenvalue weighted by Gasteiger charge is -2.36. The number of likely N-dealkylation sites (tertiary alicyclic amines) is 1. The zero-order valence-electron chi connectivity index (χ0n) is 23.5. The van der Waals surface area contributed by atoms with Crippen molar-refractivity contribution >= 4 is 17.8 Å². The molecule has 2 fully saturated rings. The van der Waals surface area contributed by atoms with E-state index in [1.807, 2.05) is 18.2 Å². The second-order valence-electron chi connectivity index (χ2n) is 11.4. The summed E-state index contributed by atoms with van der Waals surface area (Å²) < 4.78 is 0. The number of anilines is 1. The zero-order chi connectivity index (χ0) is 26.1. The first-order chi connectivity index (χ1) is 17.3. The van der Waals surface area contributed by atoms with Gasteiger partial charge in [-0.1, -0.05) is 39.5 Å². The molecule has 2 aliphatic heterocycles. The highest BCUT2D eigenvalue weighted by atomic mass is 16.2. The third-order valence-electron chi connectivity index (χ3n) is 9.00. The van der Waals surface area contributed by atoms with Crippen LogP contribution >= 0.6 is 0 Å². The van der Waals surface area contributed by atoms with E-state index in [0.717, 1.165) is 24.4 Å². The van der Waals surface area contributed by atoms with Gasteiger partial charge in [-0.25, -0.2) is 0 Å². The minimum absolute atomic E-state index is 0.0253. The van der Waals surface area contributed by atoms with Crippen LogP contribution in [0, 0.1) is 30.6 Å². The van der Waals surface area contributed by atoms with Gasteiger partial charge in [0.25, 0.3) is 0 Å². The average molecular weight is 495 g/mol. The standard InChI is InChI=1S/C31H50N4O/c1-7-32-16-8-9-23(2)25(4)26(5)31(36)34(6)30-21-29(11-10-24(30)3)28-14-19-35(20-15-28)22-27-12-17-33-18-13-27/h7,10-11,16,21,23,25-28,33H,1,8-9,12-15,17-20,22H2,2-6H3. The number of rotatable bonds is 11. The fourth-order valence-corrected chi connectivity index (χ4v) is 6.01. The fourth-order valence-electron chi connectivity index (χ4n) is 6.01. The van der Waals surface area contributed by atoms with E-state index in [9.17, 15) is 4.79 Å². The van der Waals surface area contributed by atoms with Crippen molar-refractivity contribution < 1.29 is 4.79 Å². The summed E-state index contributed by atoms with van der Waals surface area (Å²) in [7, 11) is 1.96. The first-order valence-electron chi connectivity index (χ1n) is 14.3. The Kier molecular flexibility index (Phi) is 11.2. The molecule has 3 unspecified atom stereocenters. The Morgan fingerprint density at radius 2 is 1.89 bits per heavy atom. The van der Waals surface area contributed by atoms with Gasteiger partial charge in [0, 0.05) is 37.6 Å². The van der Waals surface area contributed by atoms with E-state index < -0.39 is 0 Å². The molecule has 0 bridgehead atoms. The van der Waals surface area contributed by atoms with E-state index in [1.165, 1.54) is 69.5 Å². The second-order valence-corrected chi connectivity index (χ2v) is 11.4. The molecule has 5 nitrogen and oxygen atoms in total. The summed E-state index contributed by atoms with van der Waals surface area (Å²) in [6.45, 7) is 18.3. The number of hydrogen-bond donors (Lipinski definition) is 1. The van der Waals surface area contributed by atoms with Crippen molar-refractivity contribution in [3.05, 3.63) is 42.1 Å². The first-order valence-corrected chi connectivity index (χ1v) is 14.3. The maximum Gasteiger partial charge on any atom is 0.229 e. The molecule has 1 aromatic carbocycles. The van der Waals surface area contributed by atoms with Crippen LogP contribution in [0.15, 0.2) is 36.0 Å². The number of aryl methyl sites for hydroxylation is 1. The molecule has 2 aliphatic rings. The topological polar surface area (TPSA) is 47.9 Å². The van der Waals surface area contributed by atoms with Crippen molar-refractivity contribution in [1.82, 2.24) is 10.2 Å². The van der Waals surface area contributed by atoms with Crippen molar-refractivity contribution in [3.8, 4) is 0 Å². The molecular formula is C31H50N4O. The van der Waals surface area contributed by atoms with Crippen molar-refractivity contribution in [1.29, 1.82) is 0 Å². The molecule has 0 saturated carbocycles. The molecule has 1 amide bonds. The zero-order valence-corrected chi connectivity index (χ0v) is 23.5. The summed E-state index contributed by atoms with van der Waals surface area (Å²) >= 11 is 0. The van der Waals surface area contributed by atoms with Crippen LogP contribution in [0.1, 0.15) is 76.3 Å². The van der Waals surface area contributed by atoms with Crippen LogP contribution in [0.3, 0.4) is 0 Å². The molecule has 0 spiro atoms. The Morgan fingerprint density at radius 3 is 2.56 bits per heavy atom. The van der Waals surface area contributed by atoms with Crippen LogP contribution in [-0.4, -0.2) is 56.8 Å². The number of hydrogen-bond acceptors (Lipinski definition) is 4. The van der Waals surface area contributed by atoms with Gasteiger partial charge in [0.05, 0.1) is 0 Å². The van der Waals surface area contributed by atoms with Crippen LogP contribution in [-0.2, 0) is 4.79 Å². The quantitative estimate of drug-likeness (QED) is 0.382. The third-order valence-corrected chi connectivity index (χ3v) is 9.00. The molecule has 0 radical (unpaired) electrons. The average Bonchev–Trinajstić information content (AvgIpc) is 2.90. The summed E-state index contributed by atoms with van der Waals surface area (Å²) in [4.78, 5) is 22.2. The van der Waals surface area contributed by atoms with Gasteiger partial charge in [-0.15, -0.1) is 0 Å². The van der Waals surface area contributed by atoms with E-state index in [0.29, 0.717) is 17.8 Å². The largest absolute Gasteiger partial charge is 0.317 e. The number of benzene rings is 1. The minimum atomic E-state index is -0.0253. The van der Waals surface area contributed by atoms with E-state index in [1.54, 1.807) is 6.20 Å². The molecule has 0 aliphatic carbocycles. The van der Waals surface area contributed by atoms with Crippen molar-refractivity contribution in [3.63, 3.8) is 0 Å². The summed E-state index contributed by atoms with van der Waals surface area (Å²) in [5.74, 6) is 2.40. The lowest BCUT2D eigenvalue weighted by atomic mass is 9.81. The van der Waals surface area contributed by atoms with Crippen molar-refractivity contribution in [2.75, 3.05) is 44.7 Å². The molecular weight excluding hydrogens is 444 g/mol. The number of nitrogens with one attached hydrogen (secondary N) is 1. The lowest BCUT2D eigenvalue weighted by molar-refractivity contribution is -0.123.